The van der Waals surface area contributed by atoms with Gasteiger partial charge in [0, 0.05) is 33.7 Å². The molecule has 1 unspecified atom stereocenters. The fraction of sp³-hybridized carbons (Fsp3) is 0.0303. The van der Waals surface area contributed by atoms with Gasteiger partial charge >= 0.3 is 23.1 Å². The second-order valence-electron chi connectivity index (χ2n) is 10.6. The third-order valence-corrected chi connectivity index (χ3v) is 9.12. The first-order chi connectivity index (χ1) is 18.4. The Morgan fingerprint density at radius 2 is 1.35 bits per heavy atom. The van der Waals surface area contributed by atoms with Gasteiger partial charge in [-0.25, -0.2) is 0 Å². The molecule has 0 radical (unpaired) electrons. The van der Waals surface area contributed by atoms with Crippen LogP contribution < -0.4 is 13.9 Å². The molecule has 7 heterocycles. The second-order valence-corrected chi connectivity index (χ2v) is 10.6. The van der Waals surface area contributed by atoms with E-state index in [-0.39, 0.29) is 0 Å². The van der Waals surface area contributed by atoms with Gasteiger partial charge in [0.25, 0.3) is 0 Å². The molecule has 0 N–H and O–H groups in total. The van der Waals surface area contributed by atoms with Gasteiger partial charge in [-0.05, 0) is 47.9 Å². The van der Waals surface area contributed by atoms with E-state index in [0.717, 1.165) is 11.8 Å². The number of hydrogen-bond donors (Lipinski definition) is 0. The topological polar surface area (TPSA) is 21.4 Å². The lowest BCUT2D eigenvalue weighted by Crippen LogP contribution is -2.76. The van der Waals surface area contributed by atoms with Crippen LogP contribution >= 0.6 is 0 Å². The van der Waals surface area contributed by atoms with E-state index in [1.54, 1.807) is 0 Å². The van der Waals surface area contributed by atoms with Crippen molar-refractivity contribution in [1.29, 1.82) is 0 Å². The van der Waals surface area contributed by atoms with Gasteiger partial charge in [0.05, 0.1) is 22.6 Å². The molecule has 3 aliphatic heterocycles. The van der Waals surface area contributed by atoms with Crippen LogP contribution in [0.5, 0.6) is 11.8 Å². The molecule has 1 atom stereocenters. The van der Waals surface area contributed by atoms with Crippen LogP contribution in [0.1, 0.15) is 11.1 Å². The Balaban J connectivity index is 1.57. The highest BCUT2D eigenvalue weighted by Crippen LogP contribution is 2.51. The van der Waals surface area contributed by atoms with E-state index in [1.807, 2.05) is 0 Å². The summed E-state index contributed by atoms with van der Waals surface area (Å²) in [5, 5.41) is 7.76. The fourth-order valence-corrected chi connectivity index (χ4v) is 7.95. The minimum Gasteiger partial charge on any atom is -0.367 e. The number of pyridine rings is 3. The molecule has 4 aromatic heterocycles. The maximum absolute atomic E-state index is 6.70. The van der Waals surface area contributed by atoms with Crippen LogP contribution in [0, 0.1) is 0 Å². The summed E-state index contributed by atoms with van der Waals surface area (Å²) >= 11 is 0. The van der Waals surface area contributed by atoms with Crippen molar-refractivity contribution in [2.45, 2.75) is 5.66 Å². The van der Waals surface area contributed by atoms with Gasteiger partial charge in [-0.2, -0.15) is 4.40 Å². The van der Waals surface area contributed by atoms with Crippen molar-refractivity contribution in [2.75, 3.05) is 0 Å². The molecule has 0 aliphatic carbocycles. The molecule has 4 heteroatoms. The molecule has 0 saturated heterocycles. The van der Waals surface area contributed by atoms with Crippen LogP contribution in [0.3, 0.4) is 0 Å². The van der Waals surface area contributed by atoms with Crippen molar-refractivity contribution in [1.82, 2.24) is 4.40 Å². The van der Waals surface area contributed by atoms with Gasteiger partial charge in [-0.1, -0.05) is 42.5 Å². The highest BCUT2D eigenvalue weighted by molar-refractivity contribution is 6.28. The van der Waals surface area contributed by atoms with E-state index in [4.69, 9.17) is 4.74 Å². The van der Waals surface area contributed by atoms with Crippen LogP contribution in [-0.2, 0) is 5.66 Å². The van der Waals surface area contributed by atoms with E-state index in [9.17, 15) is 0 Å². The molecule has 4 nitrogen and oxygen atoms in total. The number of ether oxygens (including phenoxy) is 1. The number of rotatable bonds is 0. The summed E-state index contributed by atoms with van der Waals surface area (Å²) in [4.78, 5) is 0. The van der Waals surface area contributed by atoms with Gasteiger partial charge in [-0.3, -0.25) is 0 Å². The van der Waals surface area contributed by atoms with Crippen LogP contribution in [0.15, 0.2) is 103 Å². The molecule has 0 fully saturated rings. The molecule has 0 saturated carbocycles. The van der Waals surface area contributed by atoms with E-state index >= 15 is 0 Å². The van der Waals surface area contributed by atoms with Crippen molar-refractivity contribution in [3.63, 3.8) is 0 Å². The zero-order valence-electron chi connectivity index (χ0n) is 19.6. The Bertz CT molecular complexity index is 2400. The largest absolute Gasteiger partial charge is 0.381 e. The Kier molecular flexibility index (Phi) is 2.48. The average Bonchev–Trinajstić information content (AvgIpc) is 3.45. The molecule has 1 spiro atoms. The first-order valence-electron chi connectivity index (χ1n) is 12.8. The van der Waals surface area contributed by atoms with Crippen LogP contribution in [0.4, 0.5) is 0 Å². The lowest BCUT2D eigenvalue weighted by Gasteiger charge is -2.32. The number of aromatic nitrogens is 3. The maximum Gasteiger partial charge on any atom is 0.381 e. The third kappa shape index (κ3) is 1.55. The molecule has 8 aromatic rings. The van der Waals surface area contributed by atoms with Gasteiger partial charge in [0.15, 0.2) is 5.52 Å². The second kappa shape index (κ2) is 5.25. The molecule has 168 valence electrons. The Morgan fingerprint density at radius 3 is 2.35 bits per heavy atom. The van der Waals surface area contributed by atoms with Crippen LogP contribution in [-0.4, -0.2) is 4.40 Å². The van der Waals surface area contributed by atoms with Gasteiger partial charge in [0.2, 0.25) is 5.69 Å². The average molecular weight is 472 g/mol. The van der Waals surface area contributed by atoms with Crippen LogP contribution in [0.25, 0.3) is 60.3 Å². The number of benzene rings is 4. The zero-order chi connectivity index (χ0) is 23.6. The van der Waals surface area contributed by atoms with E-state index < -0.39 is 5.66 Å². The molecule has 37 heavy (non-hydrogen) atoms. The van der Waals surface area contributed by atoms with Crippen LogP contribution in [0.2, 0.25) is 0 Å². The van der Waals surface area contributed by atoms with Crippen molar-refractivity contribution in [3.8, 4) is 23.0 Å². The molecule has 0 amide bonds. The summed E-state index contributed by atoms with van der Waals surface area (Å²) in [6.07, 6.45) is 0. The van der Waals surface area contributed by atoms with E-state index in [2.05, 4.69) is 117 Å². The number of para-hydroxylation sites is 1. The molecule has 11 rings (SSSR count). The van der Waals surface area contributed by atoms with Crippen molar-refractivity contribution in [3.05, 3.63) is 114 Å². The van der Waals surface area contributed by atoms with E-state index in [0.29, 0.717) is 0 Å². The van der Waals surface area contributed by atoms with Gasteiger partial charge < -0.3 is 4.74 Å². The zero-order valence-corrected chi connectivity index (χ0v) is 19.6. The summed E-state index contributed by atoms with van der Waals surface area (Å²) in [5.41, 5.74) is 8.23. The highest BCUT2D eigenvalue weighted by atomic mass is 16.5. The SMILES string of the molecule is c1ccc2c(c1)-c1cccc3[n+]1C21c2cccc4c5ccc6cccc7c8ccc([n+]1c8n(c24)c5c67)O3. The summed E-state index contributed by atoms with van der Waals surface area (Å²) in [5.74, 6) is 1.73. The maximum atomic E-state index is 6.70. The van der Waals surface area contributed by atoms with E-state index in [1.165, 1.54) is 71.4 Å². The molecule has 0 bridgehead atoms. The Morgan fingerprint density at radius 1 is 0.568 bits per heavy atom. The van der Waals surface area contributed by atoms with Gasteiger partial charge in [-0.15, -0.1) is 9.13 Å². The first kappa shape index (κ1) is 17.5. The summed E-state index contributed by atoms with van der Waals surface area (Å²) in [6, 6.07) is 37.9. The quantitative estimate of drug-likeness (QED) is 0.145. The molecule has 3 aliphatic rings. The number of fused-ring (bicyclic) bond motifs is 4. The predicted octanol–water partition coefficient (Wildman–Crippen LogP) is 6.26. The fourth-order valence-electron chi connectivity index (χ4n) is 7.95. The monoisotopic (exact) mass is 471 g/mol. The third-order valence-electron chi connectivity index (χ3n) is 9.12. The van der Waals surface area contributed by atoms with Gasteiger partial charge in [0.1, 0.15) is 11.1 Å². The predicted molar refractivity (Wildman–Crippen MR) is 143 cm³/mol. The van der Waals surface area contributed by atoms with Crippen molar-refractivity contribution >= 4 is 49.0 Å². The number of nitrogens with zero attached hydrogens (tertiary/aromatic N) is 3. The molecule has 4 aromatic carbocycles. The molecular weight excluding hydrogens is 454 g/mol. The molecular formula is C33H17N3O+2. The first-order valence-corrected chi connectivity index (χ1v) is 12.8. The van der Waals surface area contributed by atoms with Crippen molar-refractivity contribution < 1.29 is 13.9 Å². The van der Waals surface area contributed by atoms with Crippen molar-refractivity contribution in [2.24, 2.45) is 0 Å². The minimum atomic E-state index is -0.573. The standard InChI is InChI=1S/C33H17N3O/c1-2-10-24-23(7-1)26-12-5-13-27-35(26)33(24)25-11-4-9-20-21-15-14-18-6-3-8-19-22-16-17-28(37-27)36(33)32(22)34(30(20)25)31(21)29(18)19/h1-17H/q+2. The lowest BCUT2D eigenvalue weighted by molar-refractivity contribution is -0.968. The normalized spacial score (nSPS) is 18.1. The Labute approximate surface area is 210 Å². The lowest BCUT2D eigenvalue weighted by atomic mass is 9.87. The Hall–Kier alpha value is -4.96. The highest BCUT2D eigenvalue weighted by Gasteiger charge is 2.67. The summed E-state index contributed by atoms with van der Waals surface area (Å²) in [7, 11) is 0. The minimum absolute atomic E-state index is 0.573. The smallest absolute Gasteiger partial charge is 0.367 e. The number of hydrogen-bond acceptors (Lipinski definition) is 1. The summed E-state index contributed by atoms with van der Waals surface area (Å²) in [6.45, 7) is 0. The summed E-state index contributed by atoms with van der Waals surface area (Å²) < 4.78 is 14.1.